The van der Waals surface area contributed by atoms with Crippen LogP contribution >= 0.6 is 23.1 Å². The molecule has 2 rings (SSSR count). The molecule has 0 fully saturated rings. The van der Waals surface area contributed by atoms with Crippen molar-refractivity contribution in [2.24, 2.45) is 0 Å². The molecule has 0 saturated heterocycles. The maximum atomic E-state index is 4.04. The van der Waals surface area contributed by atoms with Crippen LogP contribution in [0.1, 0.15) is 10.4 Å². The Kier molecular flexibility index (Phi) is 2.65. The highest BCUT2D eigenvalue weighted by Crippen LogP contribution is 2.23. The molecule has 0 radical (unpaired) electrons. The molecule has 2 heterocycles. The van der Waals surface area contributed by atoms with Gasteiger partial charge in [-0.05, 0) is 23.9 Å². The van der Waals surface area contributed by atoms with Crippen molar-refractivity contribution >= 4 is 23.1 Å². The lowest BCUT2D eigenvalue weighted by atomic mass is 10.4. The van der Waals surface area contributed by atoms with Crippen LogP contribution in [-0.4, -0.2) is 15.2 Å². The van der Waals surface area contributed by atoms with Gasteiger partial charge in [0.25, 0.3) is 0 Å². The van der Waals surface area contributed by atoms with Gasteiger partial charge < -0.3 is 0 Å². The van der Waals surface area contributed by atoms with Gasteiger partial charge in [-0.2, -0.15) is 5.10 Å². The summed E-state index contributed by atoms with van der Waals surface area (Å²) in [6.45, 7) is 2.11. The van der Waals surface area contributed by atoms with E-state index in [9.17, 15) is 0 Å². The van der Waals surface area contributed by atoms with E-state index in [1.807, 2.05) is 0 Å². The predicted molar refractivity (Wildman–Crippen MR) is 55.0 cm³/mol. The Labute approximate surface area is 84.6 Å². The Morgan fingerprint density at radius 3 is 3.15 bits per heavy atom. The topological polar surface area (TPSA) is 41.6 Å². The number of aromatic nitrogens is 3. The van der Waals surface area contributed by atoms with Crippen molar-refractivity contribution in [1.29, 1.82) is 0 Å². The average molecular weight is 211 g/mol. The summed E-state index contributed by atoms with van der Waals surface area (Å²) in [6, 6.07) is 2.20. The molecule has 0 spiro atoms. The first-order valence-electron chi connectivity index (χ1n) is 3.87. The highest BCUT2D eigenvalue weighted by Gasteiger charge is 1.99. The van der Waals surface area contributed by atoms with Crippen molar-refractivity contribution in [3.63, 3.8) is 0 Å². The van der Waals surface area contributed by atoms with E-state index in [2.05, 4.69) is 33.6 Å². The fraction of sp³-hybridized carbons (Fsp3) is 0.250. The van der Waals surface area contributed by atoms with E-state index in [0.29, 0.717) is 0 Å². The molecule has 0 aliphatic rings. The molecule has 0 bridgehead atoms. The molecule has 5 heteroatoms. The van der Waals surface area contributed by atoms with Crippen molar-refractivity contribution in [1.82, 2.24) is 15.2 Å². The third kappa shape index (κ3) is 2.32. The lowest BCUT2D eigenvalue weighted by Gasteiger charge is -1.92. The number of H-pyrrole nitrogens is 1. The first kappa shape index (κ1) is 8.77. The summed E-state index contributed by atoms with van der Waals surface area (Å²) in [5.74, 6) is 0.966. The van der Waals surface area contributed by atoms with Crippen LogP contribution in [0.25, 0.3) is 0 Å². The largest absolute Gasteiger partial charge is 0.254 e. The summed E-state index contributed by atoms with van der Waals surface area (Å²) in [4.78, 5) is 5.41. The Bertz CT molecular complexity index is 366. The molecule has 3 nitrogen and oxygen atoms in total. The van der Waals surface area contributed by atoms with E-state index < -0.39 is 0 Å². The first-order chi connectivity index (χ1) is 6.34. The average Bonchev–Trinajstić information content (AvgIpc) is 2.71. The zero-order chi connectivity index (χ0) is 9.10. The van der Waals surface area contributed by atoms with Gasteiger partial charge in [-0.1, -0.05) is 11.8 Å². The van der Waals surface area contributed by atoms with Crippen molar-refractivity contribution < 1.29 is 0 Å². The van der Waals surface area contributed by atoms with Gasteiger partial charge in [0.1, 0.15) is 6.33 Å². The zero-order valence-corrected chi connectivity index (χ0v) is 8.78. The van der Waals surface area contributed by atoms with Gasteiger partial charge in [-0.3, -0.25) is 5.10 Å². The summed E-state index contributed by atoms with van der Waals surface area (Å²) in [6.07, 6.45) is 1.53. The van der Waals surface area contributed by atoms with Gasteiger partial charge >= 0.3 is 0 Å². The Hall–Kier alpha value is -0.810. The predicted octanol–water partition coefficient (Wildman–Crippen LogP) is 2.47. The minimum atomic E-state index is 0.881. The third-order valence-electron chi connectivity index (χ3n) is 1.53. The number of thioether (sulfide) groups is 1. The summed E-state index contributed by atoms with van der Waals surface area (Å²) in [7, 11) is 0. The van der Waals surface area contributed by atoms with Gasteiger partial charge in [-0.15, -0.1) is 11.3 Å². The molecular weight excluding hydrogens is 202 g/mol. The van der Waals surface area contributed by atoms with Crippen LogP contribution in [0.2, 0.25) is 0 Å². The van der Waals surface area contributed by atoms with Crippen LogP contribution in [0.15, 0.2) is 22.9 Å². The second-order valence-corrected chi connectivity index (χ2v) is 4.63. The Morgan fingerprint density at radius 1 is 1.62 bits per heavy atom. The molecule has 0 aliphatic heterocycles. The minimum absolute atomic E-state index is 0.881. The van der Waals surface area contributed by atoms with Gasteiger partial charge in [0, 0.05) is 10.6 Å². The maximum Gasteiger partial charge on any atom is 0.183 e. The first-order valence-corrected chi connectivity index (χ1v) is 5.73. The SMILES string of the molecule is Cc1csc(CSc2ncn[nH]2)c1. The quantitative estimate of drug-likeness (QED) is 0.793. The van der Waals surface area contributed by atoms with E-state index in [4.69, 9.17) is 0 Å². The van der Waals surface area contributed by atoms with Crippen LogP contribution in [0.5, 0.6) is 0 Å². The van der Waals surface area contributed by atoms with E-state index in [0.717, 1.165) is 10.9 Å². The molecule has 1 N–H and O–H groups in total. The van der Waals surface area contributed by atoms with Gasteiger partial charge in [0.15, 0.2) is 5.16 Å². The monoisotopic (exact) mass is 211 g/mol. The normalized spacial score (nSPS) is 10.5. The molecule has 68 valence electrons. The fourth-order valence-electron chi connectivity index (χ4n) is 0.970. The summed E-state index contributed by atoms with van der Waals surface area (Å²) in [5, 5.41) is 9.65. The lowest BCUT2D eigenvalue weighted by molar-refractivity contribution is 0.973. The summed E-state index contributed by atoms with van der Waals surface area (Å²) in [5.41, 5.74) is 1.33. The maximum absolute atomic E-state index is 4.04. The highest BCUT2D eigenvalue weighted by molar-refractivity contribution is 7.98. The van der Waals surface area contributed by atoms with Gasteiger partial charge in [-0.25, -0.2) is 4.98 Å². The molecule has 2 aromatic heterocycles. The van der Waals surface area contributed by atoms with Crippen molar-refractivity contribution in [3.05, 3.63) is 28.2 Å². The molecule has 0 amide bonds. The summed E-state index contributed by atoms with van der Waals surface area (Å²) < 4.78 is 0. The molecule has 0 aliphatic carbocycles. The number of rotatable bonds is 3. The van der Waals surface area contributed by atoms with Crippen LogP contribution in [0, 0.1) is 6.92 Å². The summed E-state index contributed by atoms with van der Waals surface area (Å²) >= 11 is 3.46. The van der Waals surface area contributed by atoms with E-state index in [-0.39, 0.29) is 0 Å². The van der Waals surface area contributed by atoms with Crippen LogP contribution < -0.4 is 0 Å². The van der Waals surface area contributed by atoms with Crippen molar-refractivity contribution in [3.8, 4) is 0 Å². The number of thiophene rings is 1. The van der Waals surface area contributed by atoms with E-state index in [1.165, 1.54) is 16.8 Å². The second-order valence-electron chi connectivity index (χ2n) is 2.67. The van der Waals surface area contributed by atoms with Crippen LogP contribution in [0.4, 0.5) is 0 Å². The third-order valence-corrected chi connectivity index (χ3v) is 3.69. The fourth-order valence-corrected chi connectivity index (χ4v) is 2.68. The molecular formula is C8H9N3S2. The molecule has 0 atom stereocenters. The van der Waals surface area contributed by atoms with E-state index in [1.54, 1.807) is 23.1 Å². The Morgan fingerprint density at radius 2 is 2.54 bits per heavy atom. The number of aromatic amines is 1. The molecule has 13 heavy (non-hydrogen) atoms. The smallest absolute Gasteiger partial charge is 0.183 e. The van der Waals surface area contributed by atoms with Crippen molar-refractivity contribution in [2.45, 2.75) is 17.8 Å². The van der Waals surface area contributed by atoms with Crippen LogP contribution in [0.3, 0.4) is 0 Å². The zero-order valence-electron chi connectivity index (χ0n) is 7.15. The number of aryl methyl sites for hydroxylation is 1. The number of hydrogen-bond acceptors (Lipinski definition) is 4. The number of nitrogens with zero attached hydrogens (tertiary/aromatic N) is 2. The van der Waals surface area contributed by atoms with Crippen molar-refractivity contribution in [2.75, 3.05) is 0 Å². The second kappa shape index (κ2) is 3.93. The molecule has 0 aromatic carbocycles. The number of nitrogens with one attached hydrogen (secondary N) is 1. The molecule has 0 unspecified atom stereocenters. The van der Waals surface area contributed by atoms with Crippen LogP contribution in [-0.2, 0) is 5.75 Å². The molecule has 2 aromatic rings. The minimum Gasteiger partial charge on any atom is -0.254 e. The highest BCUT2D eigenvalue weighted by atomic mass is 32.2. The Balaban J connectivity index is 1.93. The number of hydrogen-bond donors (Lipinski definition) is 1. The van der Waals surface area contributed by atoms with E-state index >= 15 is 0 Å². The lowest BCUT2D eigenvalue weighted by Crippen LogP contribution is -1.77. The van der Waals surface area contributed by atoms with Gasteiger partial charge in [0.05, 0.1) is 0 Å². The molecule has 0 saturated carbocycles. The standard InChI is InChI=1S/C8H9N3S2/c1-6-2-7(12-3-6)4-13-8-9-5-10-11-8/h2-3,5H,4H2,1H3,(H,9,10,11). The van der Waals surface area contributed by atoms with Gasteiger partial charge in [0.2, 0.25) is 0 Å².